The topological polar surface area (TPSA) is 29.5 Å². The van der Waals surface area contributed by atoms with Crippen LogP contribution in [0.25, 0.3) is 6.08 Å². The number of amides is 1. The molecule has 0 N–H and O–H groups in total. The van der Waals surface area contributed by atoms with Crippen LogP contribution < -0.4 is 4.74 Å². The van der Waals surface area contributed by atoms with Crippen LogP contribution in [0.3, 0.4) is 0 Å². The van der Waals surface area contributed by atoms with E-state index in [2.05, 4.69) is 5.92 Å². The molecule has 108 valence electrons. The van der Waals surface area contributed by atoms with Gasteiger partial charge in [-0.25, -0.2) is 4.79 Å². The summed E-state index contributed by atoms with van der Waals surface area (Å²) in [4.78, 5) is 14.0. The van der Waals surface area contributed by atoms with E-state index in [1.807, 2.05) is 48.5 Å². The van der Waals surface area contributed by atoms with Gasteiger partial charge in [-0.3, -0.25) is 4.90 Å². The van der Waals surface area contributed by atoms with Gasteiger partial charge in [-0.05, 0) is 29.3 Å². The molecular weight excluding hydrogens is 274 g/mol. The van der Waals surface area contributed by atoms with Crippen LogP contribution in [0.4, 0.5) is 4.79 Å². The van der Waals surface area contributed by atoms with E-state index in [9.17, 15) is 4.79 Å². The van der Waals surface area contributed by atoms with Crippen molar-refractivity contribution >= 4 is 12.2 Å². The monoisotopic (exact) mass is 289 g/mol. The molecular formula is C19H15NO2. The van der Waals surface area contributed by atoms with E-state index in [0.717, 1.165) is 11.1 Å². The van der Waals surface area contributed by atoms with Crippen molar-refractivity contribution in [3.05, 3.63) is 71.9 Å². The molecule has 1 aliphatic heterocycles. The minimum Gasteiger partial charge on any atom is -0.410 e. The molecule has 0 fully saturated rings. The maximum absolute atomic E-state index is 12.4. The van der Waals surface area contributed by atoms with Gasteiger partial charge >= 0.3 is 6.09 Å². The molecule has 1 unspecified atom stereocenters. The van der Waals surface area contributed by atoms with E-state index in [1.54, 1.807) is 23.2 Å². The molecule has 2 aromatic carbocycles. The van der Waals surface area contributed by atoms with Crippen LogP contribution in [0.2, 0.25) is 0 Å². The second kappa shape index (κ2) is 6.19. The first kappa shape index (κ1) is 14.0. The summed E-state index contributed by atoms with van der Waals surface area (Å²) < 4.78 is 5.41. The van der Waals surface area contributed by atoms with E-state index in [0.29, 0.717) is 12.2 Å². The van der Waals surface area contributed by atoms with Gasteiger partial charge in [0.2, 0.25) is 0 Å². The summed E-state index contributed by atoms with van der Waals surface area (Å²) in [6.45, 7) is 0. The van der Waals surface area contributed by atoms with Crippen LogP contribution in [-0.2, 0) is 0 Å². The number of hydrogen-bond acceptors (Lipinski definition) is 2. The van der Waals surface area contributed by atoms with Crippen molar-refractivity contribution in [3.8, 4) is 18.1 Å². The number of benzene rings is 2. The fraction of sp³-hybridized carbons (Fsp3) is 0.105. The number of fused-ring (bicyclic) bond motifs is 1. The third-order valence-corrected chi connectivity index (χ3v) is 3.58. The molecule has 0 aromatic heterocycles. The van der Waals surface area contributed by atoms with Crippen molar-refractivity contribution < 1.29 is 9.53 Å². The lowest BCUT2D eigenvalue weighted by Crippen LogP contribution is -2.34. The molecule has 1 atom stereocenters. The number of rotatable bonds is 2. The Morgan fingerprint density at radius 2 is 1.86 bits per heavy atom. The van der Waals surface area contributed by atoms with E-state index in [1.165, 1.54) is 0 Å². The Hall–Kier alpha value is -2.99. The molecule has 3 heteroatoms. The van der Waals surface area contributed by atoms with Gasteiger partial charge in [-0.1, -0.05) is 42.5 Å². The van der Waals surface area contributed by atoms with Gasteiger partial charge in [0.05, 0.1) is 6.04 Å². The number of carbonyl (C=O) groups excluding carboxylic acids is 1. The Labute approximate surface area is 129 Å². The number of carbonyl (C=O) groups is 1. The van der Waals surface area contributed by atoms with Crippen molar-refractivity contribution in [2.45, 2.75) is 12.5 Å². The zero-order chi connectivity index (χ0) is 15.4. The molecule has 0 bridgehead atoms. The minimum atomic E-state index is -0.433. The van der Waals surface area contributed by atoms with Crippen molar-refractivity contribution in [2.75, 3.05) is 0 Å². The highest BCUT2D eigenvalue weighted by Gasteiger charge is 2.28. The summed E-state index contributed by atoms with van der Waals surface area (Å²) in [6.07, 6.45) is 9.11. The Bertz CT molecular complexity index is 744. The van der Waals surface area contributed by atoms with Crippen LogP contribution in [-0.4, -0.2) is 11.0 Å². The lowest BCUT2D eigenvalue weighted by molar-refractivity contribution is 0.155. The van der Waals surface area contributed by atoms with E-state index < -0.39 is 6.09 Å². The van der Waals surface area contributed by atoms with Gasteiger partial charge in [0.25, 0.3) is 0 Å². The predicted octanol–water partition coefficient (Wildman–Crippen LogP) is 4.24. The first-order chi connectivity index (χ1) is 10.8. The van der Waals surface area contributed by atoms with E-state index in [4.69, 9.17) is 11.2 Å². The molecule has 3 nitrogen and oxygen atoms in total. The van der Waals surface area contributed by atoms with E-state index in [-0.39, 0.29) is 6.04 Å². The lowest BCUT2D eigenvalue weighted by atomic mass is 9.94. The average molecular weight is 289 g/mol. The normalized spacial score (nSPS) is 15.8. The molecule has 1 heterocycles. The van der Waals surface area contributed by atoms with Crippen LogP contribution in [0.5, 0.6) is 5.75 Å². The quantitative estimate of drug-likeness (QED) is 0.774. The van der Waals surface area contributed by atoms with Crippen LogP contribution in [0.1, 0.15) is 23.6 Å². The first-order valence-electron chi connectivity index (χ1n) is 7.05. The summed E-state index contributed by atoms with van der Waals surface area (Å²) >= 11 is 0. The minimum absolute atomic E-state index is 0.206. The summed E-state index contributed by atoms with van der Waals surface area (Å²) in [7, 11) is 0. The van der Waals surface area contributed by atoms with Gasteiger partial charge in [-0.15, -0.1) is 12.3 Å². The SMILES string of the molecule is C#CCC1c2ccccc2C=CN1C(=O)Oc1ccccc1. The molecule has 0 saturated heterocycles. The summed E-state index contributed by atoms with van der Waals surface area (Å²) in [5.74, 6) is 3.16. The average Bonchev–Trinajstić information content (AvgIpc) is 2.56. The maximum atomic E-state index is 12.4. The number of terminal acetylenes is 1. The standard InChI is InChI=1S/C19H15NO2/c1-2-8-18-17-12-7-6-9-15(17)13-14-20(18)19(21)22-16-10-4-3-5-11-16/h1,3-7,9-14,18H,8H2. The van der Waals surface area contributed by atoms with Crippen molar-refractivity contribution in [1.29, 1.82) is 0 Å². The molecule has 2 aromatic rings. The van der Waals surface area contributed by atoms with Crippen molar-refractivity contribution in [3.63, 3.8) is 0 Å². The van der Waals surface area contributed by atoms with Crippen LogP contribution >= 0.6 is 0 Å². The molecule has 0 radical (unpaired) electrons. The maximum Gasteiger partial charge on any atom is 0.419 e. The fourth-order valence-electron chi connectivity index (χ4n) is 2.53. The van der Waals surface area contributed by atoms with Gasteiger partial charge in [0, 0.05) is 12.6 Å². The highest BCUT2D eigenvalue weighted by molar-refractivity contribution is 5.75. The summed E-state index contributed by atoms with van der Waals surface area (Å²) in [5.41, 5.74) is 2.11. The molecule has 1 amide bonds. The molecule has 22 heavy (non-hydrogen) atoms. The summed E-state index contributed by atoms with van der Waals surface area (Å²) in [5, 5.41) is 0. The Morgan fingerprint density at radius 1 is 1.14 bits per heavy atom. The molecule has 3 rings (SSSR count). The largest absolute Gasteiger partial charge is 0.419 e. The van der Waals surface area contributed by atoms with Gasteiger partial charge in [0.1, 0.15) is 5.75 Å². The Kier molecular flexibility index (Phi) is 3.93. The molecule has 1 aliphatic rings. The Morgan fingerprint density at radius 3 is 2.64 bits per heavy atom. The smallest absolute Gasteiger partial charge is 0.410 e. The highest BCUT2D eigenvalue weighted by atomic mass is 16.6. The van der Waals surface area contributed by atoms with Crippen molar-refractivity contribution in [2.24, 2.45) is 0 Å². The van der Waals surface area contributed by atoms with Gasteiger partial charge in [0.15, 0.2) is 0 Å². The number of para-hydroxylation sites is 1. The van der Waals surface area contributed by atoms with Gasteiger partial charge < -0.3 is 4.74 Å². The second-order valence-electron chi connectivity index (χ2n) is 4.96. The third-order valence-electron chi connectivity index (χ3n) is 3.58. The first-order valence-corrected chi connectivity index (χ1v) is 7.05. The summed E-state index contributed by atoms with van der Waals surface area (Å²) in [6, 6.07) is 16.7. The molecule has 0 spiro atoms. The van der Waals surface area contributed by atoms with Crippen molar-refractivity contribution in [1.82, 2.24) is 4.90 Å². The Balaban J connectivity index is 1.87. The fourth-order valence-corrected chi connectivity index (χ4v) is 2.53. The predicted molar refractivity (Wildman–Crippen MR) is 86.0 cm³/mol. The number of ether oxygens (including phenoxy) is 1. The number of hydrogen-bond donors (Lipinski definition) is 0. The highest BCUT2D eigenvalue weighted by Crippen LogP contribution is 2.33. The molecule has 0 aliphatic carbocycles. The lowest BCUT2D eigenvalue weighted by Gasteiger charge is -2.31. The van der Waals surface area contributed by atoms with Gasteiger partial charge in [-0.2, -0.15) is 0 Å². The van der Waals surface area contributed by atoms with Crippen LogP contribution in [0.15, 0.2) is 60.8 Å². The second-order valence-corrected chi connectivity index (χ2v) is 4.96. The zero-order valence-corrected chi connectivity index (χ0v) is 12.0. The van der Waals surface area contributed by atoms with E-state index >= 15 is 0 Å². The molecule has 0 saturated carbocycles. The third kappa shape index (κ3) is 2.72. The zero-order valence-electron chi connectivity index (χ0n) is 12.0. The number of nitrogens with zero attached hydrogens (tertiary/aromatic N) is 1. The van der Waals surface area contributed by atoms with Crippen LogP contribution in [0, 0.1) is 12.3 Å².